The monoisotopic (exact) mass is 268 g/mol. The fourth-order valence-corrected chi connectivity index (χ4v) is 2.18. The molecule has 0 atom stereocenters. The van der Waals surface area contributed by atoms with E-state index in [1.165, 1.54) is 6.07 Å². The van der Waals surface area contributed by atoms with Gasteiger partial charge in [-0.15, -0.1) is 0 Å². The summed E-state index contributed by atoms with van der Waals surface area (Å²) in [7, 11) is 0. The summed E-state index contributed by atoms with van der Waals surface area (Å²) in [5.41, 5.74) is 8.65. The van der Waals surface area contributed by atoms with Crippen molar-refractivity contribution in [2.24, 2.45) is 0 Å². The minimum atomic E-state index is -0.398. The normalized spacial score (nSPS) is 10.8. The Balaban J connectivity index is 2.23. The SMILES string of the molecule is Cc1ccc(-c2nc3ccccn3c2N)cc1[N+](=O)[O-]. The molecule has 0 aliphatic carbocycles. The number of fused-ring (bicyclic) bond motifs is 1. The quantitative estimate of drug-likeness (QED) is 0.572. The van der Waals surface area contributed by atoms with Crippen molar-refractivity contribution in [2.75, 3.05) is 5.73 Å². The standard InChI is InChI=1S/C14H12N4O2/c1-9-5-6-10(8-11(9)18(19)20)13-14(15)17-7-3-2-4-12(17)16-13/h2-8H,15H2,1H3. The predicted molar refractivity (Wildman–Crippen MR) is 76.4 cm³/mol. The smallest absolute Gasteiger partial charge is 0.272 e. The Bertz CT molecular complexity index is 823. The maximum atomic E-state index is 11.0. The molecule has 100 valence electrons. The maximum absolute atomic E-state index is 11.0. The van der Waals surface area contributed by atoms with Crippen molar-refractivity contribution in [3.63, 3.8) is 0 Å². The number of aryl methyl sites for hydroxylation is 1. The number of hydrogen-bond acceptors (Lipinski definition) is 4. The molecule has 2 heterocycles. The molecular weight excluding hydrogens is 256 g/mol. The van der Waals surface area contributed by atoms with E-state index >= 15 is 0 Å². The van der Waals surface area contributed by atoms with E-state index in [0.29, 0.717) is 28.3 Å². The Kier molecular flexibility index (Phi) is 2.64. The van der Waals surface area contributed by atoms with E-state index in [1.807, 2.05) is 24.4 Å². The van der Waals surface area contributed by atoms with Gasteiger partial charge in [0.1, 0.15) is 17.2 Å². The van der Waals surface area contributed by atoms with Crippen molar-refractivity contribution in [3.8, 4) is 11.3 Å². The highest BCUT2D eigenvalue weighted by molar-refractivity contribution is 5.76. The van der Waals surface area contributed by atoms with Gasteiger partial charge in [-0.2, -0.15) is 0 Å². The summed E-state index contributed by atoms with van der Waals surface area (Å²) >= 11 is 0. The number of hydrogen-bond donors (Lipinski definition) is 1. The first kappa shape index (κ1) is 12.2. The summed E-state index contributed by atoms with van der Waals surface area (Å²) in [6, 6.07) is 10.6. The molecule has 2 aromatic heterocycles. The highest BCUT2D eigenvalue weighted by Gasteiger charge is 2.16. The molecule has 0 radical (unpaired) electrons. The Morgan fingerprint density at radius 3 is 2.80 bits per heavy atom. The van der Waals surface area contributed by atoms with Gasteiger partial charge >= 0.3 is 0 Å². The number of aromatic nitrogens is 2. The number of nitro groups is 1. The summed E-state index contributed by atoms with van der Waals surface area (Å²) in [6.45, 7) is 1.70. The highest BCUT2D eigenvalue weighted by atomic mass is 16.6. The second-order valence-corrected chi connectivity index (χ2v) is 4.53. The lowest BCUT2D eigenvalue weighted by Gasteiger charge is -2.02. The van der Waals surface area contributed by atoms with Crippen LogP contribution in [0.1, 0.15) is 5.56 Å². The van der Waals surface area contributed by atoms with E-state index in [2.05, 4.69) is 4.98 Å². The molecule has 6 nitrogen and oxygen atoms in total. The number of nitrogens with two attached hydrogens (primary N) is 1. The van der Waals surface area contributed by atoms with Crippen LogP contribution in [0.3, 0.4) is 0 Å². The molecule has 1 aromatic carbocycles. The zero-order valence-electron chi connectivity index (χ0n) is 10.8. The number of rotatable bonds is 2. The summed E-state index contributed by atoms with van der Waals surface area (Å²) < 4.78 is 1.75. The van der Waals surface area contributed by atoms with E-state index in [-0.39, 0.29) is 5.69 Å². The molecule has 0 amide bonds. The molecular formula is C14H12N4O2. The van der Waals surface area contributed by atoms with Gasteiger partial charge in [0.05, 0.1) is 4.92 Å². The third-order valence-corrected chi connectivity index (χ3v) is 3.25. The van der Waals surface area contributed by atoms with Crippen LogP contribution in [0, 0.1) is 17.0 Å². The fraction of sp³-hybridized carbons (Fsp3) is 0.0714. The minimum absolute atomic E-state index is 0.0685. The van der Waals surface area contributed by atoms with Crippen LogP contribution in [-0.4, -0.2) is 14.3 Å². The van der Waals surface area contributed by atoms with Crippen LogP contribution in [-0.2, 0) is 0 Å². The van der Waals surface area contributed by atoms with Gasteiger partial charge in [-0.25, -0.2) is 4.98 Å². The van der Waals surface area contributed by atoms with E-state index in [0.717, 1.165) is 0 Å². The number of nitrogens with zero attached hydrogens (tertiary/aromatic N) is 3. The Hall–Kier alpha value is -2.89. The number of nitrogen functional groups attached to an aromatic ring is 1. The van der Waals surface area contributed by atoms with Crippen LogP contribution in [0.5, 0.6) is 0 Å². The third-order valence-electron chi connectivity index (χ3n) is 3.25. The van der Waals surface area contributed by atoms with Crippen molar-refractivity contribution in [1.29, 1.82) is 0 Å². The number of nitro benzene ring substituents is 1. The van der Waals surface area contributed by atoms with Gasteiger partial charge in [-0.1, -0.05) is 18.2 Å². The molecule has 0 spiro atoms. The largest absolute Gasteiger partial charge is 0.383 e. The third kappa shape index (κ3) is 1.78. The first-order valence-electron chi connectivity index (χ1n) is 6.06. The summed E-state index contributed by atoms with van der Waals surface area (Å²) in [4.78, 5) is 15.0. The summed E-state index contributed by atoms with van der Waals surface area (Å²) in [5, 5.41) is 11.0. The summed E-state index contributed by atoms with van der Waals surface area (Å²) in [6.07, 6.45) is 1.81. The molecule has 0 fully saturated rings. The predicted octanol–water partition coefficient (Wildman–Crippen LogP) is 2.80. The molecule has 2 N–H and O–H groups in total. The Morgan fingerprint density at radius 2 is 2.10 bits per heavy atom. The zero-order valence-corrected chi connectivity index (χ0v) is 10.8. The highest BCUT2D eigenvalue weighted by Crippen LogP contribution is 2.30. The second-order valence-electron chi connectivity index (χ2n) is 4.53. The van der Waals surface area contributed by atoms with Crippen LogP contribution >= 0.6 is 0 Å². The molecule has 3 rings (SSSR count). The fourth-order valence-electron chi connectivity index (χ4n) is 2.18. The molecule has 3 aromatic rings. The molecule has 0 saturated heterocycles. The van der Waals surface area contributed by atoms with Crippen molar-refractivity contribution in [2.45, 2.75) is 6.92 Å². The van der Waals surface area contributed by atoms with Crippen LogP contribution in [0.2, 0.25) is 0 Å². The van der Waals surface area contributed by atoms with Gasteiger partial charge < -0.3 is 5.73 Å². The van der Waals surface area contributed by atoms with Gasteiger partial charge in [-0.05, 0) is 19.1 Å². The van der Waals surface area contributed by atoms with Crippen molar-refractivity contribution >= 4 is 17.2 Å². The summed E-state index contributed by atoms with van der Waals surface area (Å²) in [5.74, 6) is 0.471. The maximum Gasteiger partial charge on any atom is 0.272 e. The Morgan fingerprint density at radius 1 is 1.30 bits per heavy atom. The molecule has 0 unspecified atom stereocenters. The molecule has 0 saturated carbocycles. The van der Waals surface area contributed by atoms with Crippen LogP contribution < -0.4 is 5.73 Å². The van der Waals surface area contributed by atoms with Gasteiger partial charge in [0.15, 0.2) is 0 Å². The number of benzene rings is 1. The zero-order chi connectivity index (χ0) is 14.3. The van der Waals surface area contributed by atoms with E-state index < -0.39 is 4.92 Å². The minimum Gasteiger partial charge on any atom is -0.383 e. The molecule has 0 bridgehead atoms. The molecule has 6 heteroatoms. The van der Waals surface area contributed by atoms with E-state index in [1.54, 1.807) is 23.5 Å². The van der Waals surface area contributed by atoms with Crippen LogP contribution in [0.15, 0.2) is 42.6 Å². The average Bonchev–Trinajstić information content (AvgIpc) is 2.77. The van der Waals surface area contributed by atoms with Crippen molar-refractivity contribution < 1.29 is 4.92 Å². The first-order chi connectivity index (χ1) is 9.58. The van der Waals surface area contributed by atoms with Gasteiger partial charge in [0.2, 0.25) is 0 Å². The number of anilines is 1. The average molecular weight is 268 g/mol. The lowest BCUT2D eigenvalue weighted by Crippen LogP contribution is -1.95. The number of pyridine rings is 1. The van der Waals surface area contributed by atoms with Gasteiger partial charge in [0.25, 0.3) is 5.69 Å². The molecule has 0 aliphatic heterocycles. The lowest BCUT2D eigenvalue weighted by molar-refractivity contribution is -0.385. The van der Waals surface area contributed by atoms with Crippen molar-refractivity contribution in [3.05, 3.63) is 58.3 Å². The first-order valence-corrected chi connectivity index (χ1v) is 6.06. The van der Waals surface area contributed by atoms with Crippen LogP contribution in [0.25, 0.3) is 16.9 Å². The van der Waals surface area contributed by atoms with Gasteiger partial charge in [0, 0.05) is 23.4 Å². The topological polar surface area (TPSA) is 86.5 Å². The number of imidazole rings is 1. The van der Waals surface area contributed by atoms with Gasteiger partial charge in [-0.3, -0.25) is 14.5 Å². The van der Waals surface area contributed by atoms with Crippen LogP contribution in [0.4, 0.5) is 11.5 Å². The second kappa shape index (κ2) is 4.34. The molecule has 0 aliphatic rings. The van der Waals surface area contributed by atoms with Crippen molar-refractivity contribution in [1.82, 2.24) is 9.38 Å². The molecule has 20 heavy (non-hydrogen) atoms. The van der Waals surface area contributed by atoms with E-state index in [9.17, 15) is 10.1 Å². The van der Waals surface area contributed by atoms with E-state index in [4.69, 9.17) is 5.73 Å². The Labute approximate surface area is 114 Å². The lowest BCUT2D eigenvalue weighted by atomic mass is 10.1.